The summed E-state index contributed by atoms with van der Waals surface area (Å²) in [6.07, 6.45) is 3.05. The summed E-state index contributed by atoms with van der Waals surface area (Å²) < 4.78 is 2.79. The number of aromatic nitrogens is 2. The third-order valence-corrected chi connectivity index (χ3v) is 3.35. The summed E-state index contributed by atoms with van der Waals surface area (Å²) >= 11 is 9.61. The quantitative estimate of drug-likeness (QED) is 0.846. The molecule has 0 amide bonds. The molecule has 3 nitrogen and oxygen atoms in total. The van der Waals surface area contributed by atoms with Crippen LogP contribution in [0.25, 0.3) is 5.69 Å². The number of nitrogens with zero attached hydrogens (tertiary/aromatic N) is 2. The van der Waals surface area contributed by atoms with Crippen molar-refractivity contribution in [2.45, 2.75) is 19.9 Å². The Morgan fingerprint density at radius 3 is 3.00 bits per heavy atom. The van der Waals surface area contributed by atoms with Crippen LogP contribution >= 0.6 is 27.5 Å². The minimum atomic E-state index is 0.689. The first-order chi connectivity index (χ1) is 8.70. The van der Waals surface area contributed by atoms with Crippen LogP contribution in [0.3, 0.4) is 0 Å². The number of nitrogens with one attached hydrogen (secondary N) is 1. The van der Waals surface area contributed by atoms with E-state index in [4.69, 9.17) is 11.6 Å². The highest BCUT2D eigenvalue weighted by Crippen LogP contribution is 2.24. The van der Waals surface area contributed by atoms with Crippen LogP contribution in [0.15, 0.2) is 34.9 Å². The average Bonchev–Trinajstić information content (AvgIpc) is 2.81. The van der Waals surface area contributed by atoms with E-state index in [1.54, 1.807) is 4.68 Å². The fourth-order valence-corrected chi connectivity index (χ4v) is 2.20. The van der Waals surface area contributed by atoms with E-state index in [0.717, 1.165) is 35.4 Å². The summed E-state index contributed by atoms with van der Waals surface area (Å²) in [5.74, 6) is 0. The Labute approximate surface area is 120 Å². The van der Waals surface area contributed by atoms with Gasteiger partial charge in [-0.25, -0.2) is 4.68 Å². The first kappa shape index (κ1) is 13.6. The van der Waals surface area contributed by atoms with Gasteiger partial charge in [-0.3, -0.25) is 0 Å². The van der Waals surface area contributed by atoms with Crippen LogP contribution in [-0.2, 0) is 6.54 Å². The molecule has 0 aliphatic carbocycles. The Balaban J connectivity index is 2.16. The number of rotatable bonds is 5. The minimum Gasteiger partial charge on any atom is -0.311 e. The molecule has 0 spiro atoms. The molecule has 1 N–H and O–H groups in total. The largest absolute Gasteiger partial charge is 0.311 e. The van der Waals surface area contributed by atoms with Crippen molar-refractivity contribution in [2.24, 2.45) is 0 Å². The predicted octanol–water partition coefficient (Wildman–Crippen LogP) is 3.79. The Morgan fingerprint density at radius 1 is 1.39 bits per heavy atom. The van der Waals surface area contributed by atoms with Crippen LogP contribution in [0.2, 0.25) is 5.02 Å². The molecule has 0 fully saturated rings. The molecule has 1 aromatic carbocycles. The summed E-state index contributed by atoms with van der Waals surface area (Å²) in [6.45, 7) is 3.93. The molecular formula is C13H15BrClN3. The van der Waals surface area contributed by atoms with E-state index in [-0.39, 0.29) is 0 Å². The van der Waals surface area contributed by atoms with Crippen LogP contribution in [0.4, 0.5) is 0 Å². The molecule has 1 aromatic heterocycles. The number of benzene rings is 1. The van der Waals surface area contributed by atoms with Gasteiger partial charge in [-0.05, 0) is 37.2 Å². The summed E-state index contributed by atoms with van der Waals surface area (Å²) in [4.78, 5) is 0. The molecule has 0 saturated heterocycles. The lowest BCUT2D eigenvalue weighted by molar-refractivity contribution is 0.656. The van der Waals surface area contributed by atoms with Gasteiger partial charge in [0.15, 0.2) is 0 Å². The molecule has 5 heteroatoms. The Kier molecular flexibility index (Phi) is 4.80. The highest BCUT2D eigenvalue weighted by Gasteiger charge is 2.05. The van der Waals surface area contributed by atoms with Crippen molar-refractivity contribution in [3.05, 3.63) is 45.7 Å². The van der Waals surface area contributed by atoms with Gasteiger partial charge in [-0.1, -0.05) is 34.5 Å². The van der Waals surface area contributed by atoms with Crippen LogP contribution in [0.5, 0.6) is 0 Å². The first-order valence-corrected chi connectivity index (χ1v) is 7.08. The average molecular weight is 329 g/mol. The van der Waals surface area contributed by atoms with Gasteiger partial charge in [0.2, 0.25) is 0 Å². The van der Waals surface area contributed by atoms with Crippen molar-refractivity contribution in [3.63, 3.8) is 0 Å². The van der Waals surface area contributed by atoms with Gasteiger partial charge >= 0.3 is 0 Å². The van der Waals surface area contributed by atoms with Crippen molar-refractivity contribution < 1.29 is 0 Å². The third kappa shape index (κ3) is 3.34. The van der Waals surface area contributed by atoms with Gasteiger partial charge in [0.1, 0.15) is 0 Å². The van der Waals surface area contributed by atoms with E-state index in [1.807, 2.05) is 30.5 Å². The maximum Gasteiger partial charge on any atom is 0.0843 e. The maximum absolute atomic E-state index is 6.17. The zero-order chi connectivity index (χ0) is 13.0. The van der Waals surface area contributed by atoms with Crippen LogP contribution in [0.1, 0.15) is 19.0 Å². The summed E-state index contributed by atoms with van der Waals surface area (Å²) in [5, 5.41) is 8.52. The third-order valence-electron chi connectivity index (χ3n) is 2.53. The highest BCUT2D eigenvalue weighted by molar-refractivity contribution is 9.10. The van der Waals surface area contributed by atoms with Crippen molar-refractivity contribution in [1.82, 2.24) is 15.1 Å². The van der Waals surface area contributed by atoms with E-state index in [2.05, 4.69) is 33.3 Å². The molecule has 2 aromatic rings. The van der Waals surface area contributed by atoms with Gasteiger partial charge in [0.05, 0.1) is 16.4 Å². The number of hydrogen-bond acceptors (Lipinski definition) is 2. The standard InChI is InChI=1S/C13H15BrClN3/c1-2-6-16-9-11-5-7-18(17-11)13-8-10(14)3-4-12(13)15/h3-5,7-8,16H,2,6,9H2,1H3. The normalized spacial score (nSPS) is 10.8. The minimum absolute atomic E-state index is 0.689. The van der Waals surface area contributed by atoms with Gasteiger partial charge in [-0.15, -0.1) is 0 Å². The van der Waals surface area contributed by atoms with E-state index in [1.165, 1.54) is 0 Å². The maximum atomic E-state index is 6.17. The second-order valence-corrected chi connectivity index (χ2v) is 5.35. The zero-order valence-corrected chi connectivity index (χ0v) is 12.5. The molecule has 0 atom stereocenters. The Morgan fingerprint density at radius 2 is 2.22 bits per heavy atom. The lowest BCUT2D eigenvalue weighted by Crippen LogP contribution is -2.14. The molecule has 0 unspecified atom stereocenters. The van der Waals surface area contributed by atoms with E-state index < -0.39 is 0 Å². The molecule has 96 valence electrons. The van der Waals surface area contributed by atoms with Gasteiger partial charge < -0.3 is 5.32 Å². The molecule has 0 bridgehead atoms. The van der Waals surface area contributed by atoms with Crippen LogP contribution < -0.4 is 5.32 Å². The molecule has 2 rings (SSSR count). The van der Waals surface area contributed by atoms with Crippen molar-refractivity contribution in [3.8, 4) is 5.69 Å². The highest BCUT2D eigenvalue weighted by atomic mass is 79.9. The Hall–Kier alpha value is -0.840. The Bertz CT molecular complexity index is 525. The molecule has 0 saturated carbocycles. The molecule has 0 aliphatic rings. The zero-order valence-electron chi connectivity index (χ0n) is 10.2. The number of hydrogen-bond donors (Lipinski definition) is 1. The lowest BCUT2D eigenvalue weighted by Gasteiger charge is -2.05. The SMILES string of the molecule is CCCNCc1ccn(-c2cc(Br)ccc2Cl)n1. The lowest BCUT2D eigenvalue weighted by atomic mass is 10.3. The second-order valence-electron chi connectivity index (χ2n) is 4.02. The molecule has 0 aliphatic heterocycles. The van der Waals surface area contributed by atoms with Gasteiger partial charge in [-0.2, -0.15) is 5.10 Å². The topological polar surface area (TPSA) is 29.9 Å². The molecule has 18 heavy (non-hydrogen) atoms. The molecule has 0 radical (unpaired) electrons. The first-order valence-electron chi connectivity index (χ1n) is 5.91. The fraction of sp³-hybridized carbons (Fsp3) is 0.308. The van der Waals surface area contributed by atoms with Crippen molar-refractivity contribution in [1.29, 1.82) is 0 Å². The van der Waals surface area contributed by atoms with E-state index in [9.17, 15) is 0 Å². The van der Waals surface area contributed by atoms with E-state index >= 15 is 0 Å². The second kappa shape index (κ2) is 6.36. The molecular weight excluding hydrogens is 314 g/mol. The van der Waals surface area contributed by atoms with Crippen molar-refractivity contribution in [2.75, 3.05) is 6.54 Å². The molecule has 1 heterocycles. The predicted molar refractivity (Wildman–Crippen MR) is 78.3 cm³/mol. The van der Waals surface area contributed by atoms with Crippen molar-refractivity contribution >= 4 is 27.5 Å². The summed E-state index contributed by atoms with van der Waals surface area (Å²) in [7, 11) is 0. The fourth-order valence-electron chi connectivity index (χ4n) is 1.64. The summed E-state index contributed by atoms with van der Waals surface area (Å²) in [5.41, 5.74) is 1.90. The van der Waals surface area contributed by atoms with Gasteiger partial charge in [0, 0.05) is 17.2 Å². The smallest absolute Gasteiger partial charge is 0.0843 e. The van der Waals surface area contributed by atoms with Gasteiger partial charge in [0.25, 0.3) is 0 Å². The van der Waals surface area contributed by atoms with Crippen LogP contribution in [0, 0.1) is 0 Å². The van der Waals surface area contributed by atoms with Crippen LogP contribution in [-0.4, -0.2) is 16.3 Å². The summed E-state index contributed by atoms with van der Waals surface area (Å²) in [6, 6.07) is 7.73. The van der Waals surface area contributed by atoms with E-state index in [0.29, 0.717) is 5.02 Å². The number of halogens is 2. The monoisotopic (exact) mass is 327 g/mol.